The molecule has 1 atom stereocenters. The molecule has 0 saturated carbocycles. The van der Waals surface area contributed by atoms with Gasteiger partial charge >= 0.3 is 0 Å². The van der Waals surface area contributed by atoms with E-state index in [1.807, 2.05) is 6.07 Å². The van der Waals surface area contributed by atoms with Crippen LogP contribution < -0.4 is 5.32 Å². The van der Waals surface area contributed by atoms with E-state index in [2.05, 4.69) is 31.3 Å². The van der Waals surface area contributed by atoms with E-state index < -0.39 is 0 Å². The van der Waals surface area contributed by atoms with Gasteiger partial charge in [0.05, 0.1) is 0 Å². The molecule has 1 aromatic rings. The molecule has 1 aromatic carbocycles. The second-order valence-corrected chi connectivity index (χ2v) is 5.84. The summed E-state index contributed by atoms with van der Waals surface area (Å²) in [5, 5.41) is 4.51. The Morgan fingerprint density at radius 2 is 2.18 bits per heavy atom. The first kappa shape index (κ1) is 11.3. The summed E-state index contributed by atoms with van der Waals surface area (Å²) in [6.07, 6.45) is 2.24. The quantitative estimate of drug-likeness (QED) is 0.799. The van der Waals surface area contributed by atoms with Crippen LogP contribution in [0.2, 0.25) is 5.02 Å². The molecule has 1 heterocycles. The molecule has 90 valence electrons. The van der Waals surface area contributed by atoms with E-state index in [0.29, 0.717) is 12.0 Å². The van der Waals surface area contributed by atoms with E-state index in [1.165, 1.54) is 11.1 Å². The number of halogens is 1. The SMILES string of the molecule is CC(C)C1NCCC2=C1Cc1cc(Cl)ccc12. The number of fused-ring (bicyclic) bond motifs is 2. The Morgan fingerprint density at radius 1 is 1.35 bits per heavy atom. The Bertz CT molecular complexity index is 488. The van der Waals surface area contributed by atoms with Crippen molar-refractivity contribution in [1.82, 2.24) is 5.32 Å². The third-order valence-corrected chi connectivity index (χ3v) is 4.18. The van der Waals surface area contributed by atoms with E-state index in [0.717, 1.165) is 24.4 Å². The fourth-order valence-electron chi connectivity index (χ4n) is 3.19. The van der Waals surface area contributed by atoms with E-state index in [-0.39, 0.29) is 0 Å². The molecule has 1 unspecified atom stereocenters. The maximum absolute atomic E-state index is 6.09. The van der Waals surface area contributed by atoms with Crippen LogP contribution in [0.4, 0.5) is 0 Å². The zero-order valence-corrected chi connectivity index (χ0v) is 11.1. The lowest BCUT2D eigenvalue weighted by Crippen LogP contribution is -2.39. The van der Waals surface area contributed by atoms with E-state index in [1.54, 1.807) is 11.1 Å². The highest BCUT2D eigenvalue weighted by atomic mass is 35.5. The average molecular weight is 248 g/mol. The standard InChI is InChI=1S/C15H18ClN/c1-9(2)15-14-8-10-7-11(16)3-4-12(10)13(14)5-6-17-15/h3-4,7,9,15,17H,5-6,8H2,1-2H3. The highest BCUT2D eigenvalue weighted by Gasteiger charge is 2.31. The van der Waals surface area contributed by atoms with Crippen molar-refractivity contribution in [1.29, 1.82) is 0 Å². The first-order chi connectivity index (χ1) is 8.16. The minimum Gasteiger partial charge on any atom is -0.310 e. The third kappa shape index (κ3) is 1.82. The Balaban J connectivity index is 2.04. The molecule has 17 heavy (non-hydrogen) atoms. The summed E-state index contributed by atoms with van der Waals surface area (Å²) >= 11 is 6.09. The van der Waals surface area contributed by atoms with Gasteiger partial charge in [-0.2, -0.15) is 0 Å². The highest BCUT2D eigenvalue weighted by molar-refractivity contribution is 6.30. The van der Waals surface area contributed by atoms with E-state index >= 15 is 0 Å². The molecule has 0 spiro atoms. The van der Waals surface area contributed by atoms with Crippen LogP contribution in [0.1, 0.15) is 31.4 Å². The molecule has 3 rings (SSSR count). The molecule has 1 aliphatic heterocycles. The van der Waals surface area contributed by atoms with Crippen molar-refractivity contribution in [2.45, 2.75) is 32.7 Å². The molecule has 1 nitrogen and oxygen atoms in total. The molecule has 1 N–H and O–H groups in total. The van der Waals surface area contributed by atoms with E-state index in [4.69, 9.17) is 11.6 Å². The van der Waals surface area contributed by atoms with Crippen molar-refractivity contribution in [2.24, 2.45) is 5.92 Å². The summed E-state index contributed by atoms with van der Waals surface area (Å²) in [6.45, 7) is 5.69. The fourth-order valence-corrected chi connectivity index (χ4v) is 3.39. The molecule has 2 heteroatoms. The number of hydrogen-bond acceptors (Lipinski definition) is 1. The normalized spacial score (nSPS) is 22.9. The Morgan fingerprint density at radius 3 is 2.94 bits per heavy atom. The van der Waals surface area contributed by atoms with Crippen molar-refractivity contribution in [2.75, 3.05) is 6.54 Å². The van der Waals surface area contributed by atoms with Crippen molar-refractivity contribution in [3.05, 3.63) is 39.9 Å². The predicted octanol–water partition coefficient (Wildman–Crippen LogP) is 3.67. The smallest absolute Gasteiger partial charge is 0.0409 e. The molecule has 0 amide bonds. The average Bonchev–Trinajstić information content (AvgIpc) is 2.65. The molecule has 2 aliphatic rings. The van der Waals surface area contributed by atoms with Crippen LogP contribution in [-0.4, -0.2) is 12.6 Å². The van der Waals surface area contributed by atoms with Crippen LogP contribution in [0.25, 0.3) is 5.57 Å². The zero-order valence-electron chi connectivity index (χ0n) is 10.4. The van der Waals surface area contributed by atoms with Gasteiger partial charge in [0.1, 0.15) is 0 Å². The van der Waals surface area contributed by atoms with Crippen LogP contribution >= 0.6 is 11.6 Å². The maximum Gasteiger partial charge on any atom is 0.0409 e. The lowest BCUT2D eigenvalue weighted by molar-refractivity contribution is 0.435. The predicted molar refractivity (Wildman–Crippen MR) is 73.3 cm³/mol. The summed E-state index contributed by atoms with van der Waals surface area (Å²) in [7, 11) is 0. The maximum atomic E-state index is 6.09. The van der Waals surface area contributed by atoms with Crippen LogP contribution in [0.3, 0.4) is 0 Å². The molecule has 0 radical (unpaired) electrons. The molecule has 0 saturated heterocycles. The van der Waals surface area contributed by atoms with E-state index in [9.17, 15) is 0 Å². The molecule has 0 aromatic heterocycles. The first-order valence-electron chi connectivity index (χ1n) is 6.41. The first-order valence-corrected chi connectivity index (χ1v) is 6.78. The number of benzene rings is 1. The lowest BCUT2D eigenvalue weighted by Gasteiger charge is -2.29. The van der Waals surface area contributed by atoms with Gasteiger partial charge in [0, 0.05) is 11.1 Å². The Kier molecular flexibility index (Phi) is 2.76. The van der Waals surface area contributed by atoms with Gasteiger partial charge in [0.2, 0.25) is 0 Å². The van der Waals surface area contributed by atoms with Gasteiger partial charge < -0.3 is 5.32 Å². The number of hydrogen-bond donors (Lipinski definition) is 1. The van der Waals surface area contributed by atoms with Gasteiger partial charge in [-0.25, -0.2) is 0 Å². The molecular formula is C15H18ClN. The fraction of sp³-hybridized carbons (Fsp3) is 0.467. The van der Waals surface area contributed by atoms with Crippen LogP contribution in [0.5, 0.6) is 0 Å². The van der Waals surface area contributed by atoms with Crippen LogP contribution in [0, 0.1) is 5.92 Å². The van der Waals surface area contributed by atoms with Gasteiger partial charge in [-0.1, -0.05) is 31.5 Å². The minimum absolute atomic E-state index is 0.546. The second-order valence-electron chi connectivity index (χ2n) is 5.41. The monoisotopic (exact) mass is 247 g/mol. The van der Waals surface area contributed by atoms with Crippen molar-refractivity contribution >= 4 is 17.2 Å². The summed E-state index contributed by atoms with van der Waals surface area (Å²) in [4.78, 5) is 0. The molecule has 1 aliphatic carbocycles. The largest absolute Gasteiger partial charge is 0.310 e. The summed E-state index contributed by atoms with van der Waals surface area (Å²) < 4.78 is 0. The van der Waals surface area contributed by atoms with Crippen molar-refractivity contribution < 1.29 is 0 Å². The van der Waals surface area contributed by atoms with Gasteiger partial charge in [-0.15, -0.1) is 0 Å². The Hall–Kier alpha value is -0.790. The zero-order chi connectivity index (χ0) is 12.0. The summed E-state index contributed by atoms with van der Waals surface area (Å²) in [6, 6.07) is 6.89. The van der Waals surface area contributed by atoms with Gasteiger partial charge in [0.25, 0.3) is 0 Å². The van der Waals surface area contributed by atoms with Crippen LogP contribution in [-0.2, 0) is 6.42 Å². The second kappa shape index (κ2) is 4.15. The van der Waals surface area contributed by atoms with Crippen LogP contribution in [0.15, 0.2) is 23.8 Å². The lowest BCUT2D eigenvalue weighted by atomic mass is 9.88. The minimum atomic E-state index is 0.546. The highest BCUT2D eigenvalue weighted by Crippen LogP contribution is 2.40. The number of rotatable bonds is 1. The summed E-state index contributed by atoms with van der Waals surface area (Å²) in [5.74, 6) is 0.657. The Labute approximate surface area is 108 Å². The summed E-state index contributed by atoms with van der Waals surface area (Å²) in [5.41, 5.74) is 6.03. The van der Waals surface area contributed by atoms with Gasteiger partial charge in [-0.05, 0) is 59.7 Å². The number of nitrogens with one attached hydrogen (secondary N) is 1. The molecule has 0 bridgehead atoms. The third-order valence-electron chi connectivity index (χ3n) is 3.94. The topological polar surface area (TPSA) is 12.0 Å². The molecule has 0 fully saturated rings. The van der Waals surface area contributed by atoms with Crippen molar-refractivity contribution in [3.8, 4) is 0 Å². The van der Waals surface area contributed by atoms with Crippen molar-refractivity contribution in [3.63, 3.8) is 0 Å². The molecular weight excluding hydrogens is 230 g/mol. The van der Waals surface area contributed by atoms with Gasteiger partial charge in [-0.3, -0.25) is 0 Å². The van der Waals surface area contributed by atoms with Gasteiger partial charge in [0.15, 0.2) is 0 Å².